The lowest BCUT2D eigenvalue weighted by molar-refractivity contribution is -0.384. The Morgan fingerprint density at radius 3 is 2.43 bits per heavy atom. The van der Waals surface area contributed by atoms with Gasteiger partial charge < -0.3 is 13.9 Å². The summed E-state index contributed by atoms with van der Waals surface area (Å²) in [4.78, 5) is 22.5. The third-order valence-electron chi connectivity index (χ3n) is 3.90. The van der Waals surface area contributed by atoms with Crippen molar-refractivity contribution in [1.29, 1.82) is 0 Å². The highest BCUT2D eigenvalue weighted by atomic mass is 16.6. The summed E-state index contributed by atoms with van der Waals surface area (Å²) < 4.78 is 15.9. The SMILES string of the molecule is COCc1ccc(C(=O)O[C@@H](C)c2nnc(-c3ccc([N+](=O)[O-])cc3)o2)cc1. The second-order valence-electron chi connectivity index (χ2n) is 5.93. The predicted molar refractivity (Wildman–Crippen MR) is 97.4 cm³/mol. The Hall–Kier alpha value is -3.59. The van der Waals surface area contributed by atoms with Crippen LogP contribution in [0.3, 0.4) is 0 Å². The van der Waals surface area contributed by atoms with E-state index in [1.54, 1.807) is 38.3 Å². The maximum atomic E-state index is 12.3. The van der Waals surface area contributed by atoms with Crippen molar-refractivity contribution < 1.29 is 23.6 Å². The molecule has 144 valence electrons. The first kappa shape index (κ1) is 19.2. The molecule has 0 aliphatic carbocycles. The number of hydrogen-bond donors (Lipinski definition) is 0. The monoisotopic (exact) mass is 383 g/mol. The van der Waals surface area contributed by atoms with E-state index in [-0.39, 0.29) is 17.5 Å². The molecule has 0 N–H and O–H groups in total. The average Bonchev–Trinajstić information content (AvgIpc) is 3.19. The number of carbonyl (C=O) groups excluding carboxylic acids is 1. The van der Waals surface area contributed by atoms with Crippen molar-refractivity contribution in [2.75, 3.05) is 7.11 Å². The number of benzene rings is 2. The van der Waals surface area contributed by atoms with Crippen LogP contribution in [0.2, 0.25) is 0 Å². The lowest BCUT2D eigenvalue weighted by Gasteiger charge is -2.09. The number of non-ortho nitro benzene ring substituents is 1. The summed E-state index contributed by atoms with van der Waals surface area (Å²) in [7, 11) is 1.60. The van der Waals surface area contributed by atoms with Gasteiger partial charge in [-0.2, -0.15) is 0 Å². The lowest BCUT2D eigenvalue weighted by Crippen LogP contribution is -2.09. The molecular formula is C19H17N3O6. The number of rotatable bonds is 7. The first-order chi connectivity index (χ1) is 13.5. The third-order valence-corrected chi connectivity index (χ3v) is 3.90. The summed E-state index contributed by atoms with van der Waals surface area (Å²) in [5.74, 6) is -0.221. The van der Waals surface area contributed by atoms with E-state index in [0.29, 0.717) is 17.7 Å². The van der Waals surface area contributed by atoms with E-state index in [9.17, 15) is 14.9 Å². The van der Waals surface area contributed by atoms with Gasteiger partial charge in [-0.1, -0.05) is 12.1 Å². The molecule has 9 heteroatoms. The largest absolute Gasteiger partial charge is 0.449 e. The Balaban J connectivity index is 1.67. The van der Waals surface area contributed by atoms with Crippen LogP contribution in [0.1, 0.15) is 34.8 Å². The van der Waals surface area contributed by atoms with Crippen molar-refractivity contribution in [3.05, 3.63) is 75.7 Å². The van der Waals surface area contributed by atoms with Crippen LogP contribution in [-0.2, 0) is 16.1 Å². The molecule has 1 aromatic heterocycles. The van der Waals surface area contributed by atoms with Gasteiger partial charge in [0.25, 0.3) is 11.6 Å². The van der Waals surface area contributed by atoms with Crippen molar-refractivity contribution in [2.24, 2.45) is 0 Å². The van der Waals surface area contributed by atoms with Gasteiger partial charge in [-0.15, -0.1) is 10.2 Å². The average molecular weight is 383 g/mol. The van der Waals surface area contributed by atoms with Gasteiger partial charge in [0.05, 0.1) is 17.1 Å². The summed E-state index contributed by atoms with van der Waals surface area (Å²) in [5.41, 5.74) is 1.82. The zero-order chi connectivity index (χ0) is 20.1. The molecule has 0 bridgehead atoms. The molecular weight excluding hydrogens is 366 g/mol. The minimum Gasteiger partial charge on any atom is -0.449 e. The van der Waals surface area contributed by atoms with Crippen LogP contribution in [0.5, 0.6) is 0 Å². The first-order valence-corrected chi connectivity index (χ1v) is 8.35. The van der Waals surface area contributed by atoms with Gasteiger partial charge in [-0.05, 0) is 36.8 Å². The van der Waals surface area contributed by atoms with Crippen LogP contribution in [0.25, 0.3) is 11.5 Å². The van der Waals surface area contributed by atoms with Crippen molar-refractivity contribution in [1.82, 2.24) is 10.2 Å². The standard InChI is InChI=1S/C19H17N3O6/c1-12(27-19(23)15-5-3-13(4-6-15)11-26-2)17-20-21-18(28-17)14-7-9-16(10-8-14)22(24)25/h3-10,12H,11H2,1-2H3/t12-/m0/s1. The molecule has 0 saturated carbocycles. The predicted octanol–water partition coefficient (Wildman–Crippen LogP) is 3.71. The summed E-state index contributed by atoms with van der Waals surface area (Å²) in [6.45, 7) is 2.07. The van der Waals surface area contributed by atoms with Crippen molar-refractivity contribution in [3.8, 4) is 11.5 Å². The zero-order valence-corrected chi connectivity index (χ0v) is 15.2. The van der Waals surface area contributed by atoms with Gasteiger partial charge >= 0.3 is 5.97 Å². The molecule has 0 aliphatic heterocycles. The maximum Gasteiger partial charge on any atom is 0.338 e. The second-order valence-corrected chi connectivity index (χ2v) is 5.93. The summed E-state index contributed by atoms with van der Waals surface area (Å²) in [6, 6.07) is 12.6. The van der Waals surface area contributed by atoms with Crippen molar-refractivity contribution >= 4 is 11.7 Å². The van der Waals surface area contributed by atoms with E-state index in [4.69, 9.17) is 13.9 Å². The van der Waals surface area contributed by atoms with Gasteiger partial charge in [0.15, 0.2) is 6.10 Å². The van der Waals surface area contributed by atoms with Crippen molar-refractivity contribution in [3.63, 3.8) is 0 Å². The minimum absolute atomic E-state index is 0.0395. The molecule has 0 radical (unpaired) electrons. The Morgan fingerprint density at radius 2 is 1.82 bits per heavy atom. The Kier molecular flexibility index (Phi) is 5.75. The first-order valence-electron chi connectivity index (χ1n) is 8.35. The van der Waals surface area contributed by atoms with Gasteiger partial charge in [0.2, 0.25) is 5.89 Å². The van der Waals surface area contributed by atoms with Crippen LogP contribution < -0.4 is 0 Å². The summed E-state index contributed by atoms with van der Waals surface area (Å²) in [5, 5.41) is 18.5. The molecule has 2 aromatic carbocycles. The normalized spacial score (nSPS) is 11.8. The van der Waals surface area contributed by atoms with Gasteiger partial charge in [-0.25, -0.2) is 4.79 Å². The van der Waals surface area contributed by atoms with Crippen LogP contribution in [0.15, 0.2) is 52.9 Å². The fourth-order valence-corrected chi connectivity index (χ4v) is 2.42. The number of hydrogen-bond acceptors (Lipinski definition) is 8. The lowest BCUT2D eigenvalue weighted by atomic mass is 10.1. The molecule has 0 unspecified atom stereocenters. The Bertz CT molecular complexity index is 966. The molecule has 3 aromatic rings. The molecule has 1 heterocycles. The van der Waals surface area contributed by atoms with E-state index in [0.717, 1.165) is 5.56 Å². The molecule has 28 heavy (non-hydrogen) atoms. The van der Waals surface area contributed by atoms with E-state index < -0.39 is 17.0 Å². The fraction of sp³-hybridized carbons (Fsp3) is 0.211. The van der Waals surface area contributed by atoms with E-state index >= 15 is 0 Å². The number of ether oxygens (including phenoxy) is 2. The zero-order valence-electron chi connectivity index (χ0n) is 15.2. The number of nitro benzene ring substituents is 1. The molecule has 0 fully saturated rings. The quantitative estimate of drug-likeness (QED) is 0.344. The number of carbonyl (C=O) groups is 1. The van der Waals surface area contributed by atoms with Crippen LogP contribution >= 0.6 is 0 Å². The van der Waals surface area contributed by atoms with Gasteiger partial charge in [0, 0.05) is 24.8 Å². The molecule has 9 nitrogen and oxygen atoms in total. The smallest absolute Gasteiger partial charge is 0.338 e. The van der Waals surface area contributed by atoms with Gasteiger partial charge in [-0.3, -0.25) is 10.1 Å². The van der Waals surface area contributed by atoms with E-state index in [1.807, 2.05) is 0 Å². The molecule has 0 aliphatic rings. The highest BCUT2D eigenvalue weighted by Gasteiger charge is 2.20. The Morgan fingerprint density at radius 1 is 1.14 bits per heavy atom. The van der Waals surface area contributed by atoms with E-state index in [2.05, 4.69) is 10.2 Å². The van der Waals surface area contributed by atoms with E-state index in [1.165, 1.54) is 24.3 Å². The van der Waals surface area contributed by atoms with Gasteiger partial charge in [0.1, 0.15) is 0 Å². The minimum atomic E-state index is -0.759. The fourth-order valence-electron chi connectivity index (χ4n) is 2.42. The Labute approximate surface area is 160 Å². The number of aromatic nitrogens is 2. The molecule has 0 saturated heterocycles. The number of methoxy groups -OCH3 is 1. The highest BCUT2D eigenvalue weighted by Crippen LogP contribution is 2.24. The van der Waals surface area contributed by atoms with Crippen LogP contribution in [0.4, 0.5) is 5.69 Å². The van der Waals surface area contributed by atoms with Crippen LogP contribution in [-0.4, -0.2) is 28.2 Å². The number of nitrogens with zero attached hydrogens (tertiary/aromatic N) is 3. The molecule has 1 atom stereocenters. The topological polar surface area (TPSA) is 118 Å². The number of nitro groups is 1. The third kappa shape index (κ3) is 4.38. The highest BCUT2D eigenvalue weighted by molar-refractivity contribution is 5.89. The molecule has 0 amide bonds. The maximum absolute atomic E-state index is 12.3. The molecule has 0 spiro atoms. The van der Waals surface area contributed by atoms with Crippen molar-refractivity contribution in [2.45, 2.75) is 19.6 Å². The molecule has 3 rings (SSSR count). The summed E-state index contributed by atoms with van der Waals surface area (Å²) in [6.07, 6.45) is -0.759. The second kappa shape index (κ2) is 8.40. The number of esters is 1. The summed E-state index contributed by atoms with van der Waals surface area (Å²) >= 11 is 0. The van der Waals surface area contributed by atoms with Crippen LogP contribution in [0, 0.1) is 10.1 Å².